The third-order valence-electron chi connectivity index (χ3n) is 4.49. The largest absolute Gasteiger partial charge is 0.409 e. The number of likely N-dealkylation sites (tertiary alicyclic amines) is 1. The zero-order valence-corrected chi connectivity index (χ0v) is 10.8. The molecule has 98 valence electrons. The maximum Gasteiger partial charge on any atom is 0.140 e. The first-order chi connectivity index (χ1) is 8.22. The molecule has 1 aliphatic heterocycles. The van der Waals surface area contributed by atoms with Crippen LogP contribution in [0.15, 0.2) is 5.16 Å². The van der Waals surface area contributed by atoms with Crippen LogP contribution in [0.1, 0.15) is 51.9 Å². The summed E-state index contributed by atoms with van der Waals surface area (Å²) in [6.07, 6.45) is 8.90. The molecule has 17 heavy (non-hydrogen) atoms. The van der Waals surface area contributed by atoms with Gasteiger partial charge in [-0.3, -0.25) is 4.90 Å². The predicted octanol–water partition coefficient (Wildman–Crippen LogP) is 2.17. The molecule has 3 atom stereocenters. The lowest BCUT2D eigenvalue weighted by molar-refractivity contribution is 0.0333. The van der Waals surface area contributed by atoms with Crippen LogP contribution in [-0.4, -0.2) is 34.6 Å². The Morgan fingerprint density at radius 2 is 2.06 bits per heavy atom. The zero-order valence-electron chi connectivity index (χ0n) is 10.8. The molecule has 2 aliphatic rings. The summed E-state index contributed by atoms with van der Waals surface area (Å²) in [4.78, 5) is 2.60. The molecule has 0 spiro atoms. The molecule has 0 radical (unpaired) electrons. The normalized spacial score (nSPS) is 33.1. The van der Waals surface area contributed by atoms with Crippen molar-refractivity contribution in [2.24, 2.45) is 16.8 Å². The standard InChI is InChI=1S/C13H25N3O/c1-10(9-13(14)15-17)16-8-4-6-11-5-2-3-7-12(11)16/h10-12,17H,2-9H2,1H3,(H2,14,15)/t10?,11-,12-/m1/s1. The first-order valence-electron chi connectivity index (χ1n) is 6.94. The first-order valence-corrected chi connectivity index (χ1v) is 6.94. The molecule has 0 aromatic rings. The van der Waals surface area contributed by atoms with Gasteiger partial charge in [0.05, 0.1) is 0 Å². The number of oxime groups is 1. The van der Waals surface area contributed by atoms with Crippen LogP contribution in [0.2, 0.25) is 0 Å². The topological polar surface area (TPSA) is 61.9 Å². The molecule has 2 fully saturated rings. The molecule has 4 heteroatoms. The van der Waals surface area contributed by atoms with Crippen LogP contribution in [0, 0.1) is 5.92 Å². The molecule has 1 saturated carbocycles. The molecule has 1 aliphatic carbocycles. The fraction of sp³-hybridized carbons (Fsp3) is 0.923. The van der Waals surface area contributed by atoms with E-state index in [0.29, 0.717) is 18.3 Å². The van der Waals surface area contributed by atoms with E-state index in [0.717, 1.165) is 12.0 Å². The summed E-state index contributed by atoms with van der Waals surface area (Å²) < 4.78 is 0. The predicted molar refractivity (Wildman–Crippen MR) is 69.2 cm³/mol. The lowest BCUT2D eigenvalue weighted by Crippen LogP contribution is -2.51. The zero-order chi connectivity index (χ0) is 12.3. The van der Waals surface area contributed by atoms with Crippen LogP contribution >= 0.6 is 0 Å². The molecule has 0 bridgehead atoms. The number of fused-ring (bicyclic) bond motifs is 1. The van der Waals surface area contributed by atoms with Crippen molar-refractivity contribution in [2.45, 2.75) is 64.0 Å². The monoisotopic (exact) mass is 239 g/mol. The van der Waals surface area contributed by atoms with E-state index in [-0.39, 0.29) is 0 Å². The molecule has 4 nitrogen and oxygen atoms in total. The average molecular weight is 239 g/mol. The van der Waals surface area contributed by atoms with Gasteiger partial charge in [0.25, 0.3) is 0 Å². The van der Waals surface area contributed by atoms with E-state index >= 15 is 0 Å². The second-order valence-electron chi connectivity index (χ2n) is 5.64. The van der Waals surface area contributed by atoms with Crippen molar-refractivity contribution in [1.82, 2.24) is 4.90 Å². The van der Waals surface area contributed by atoms with Crippen molar-refractivity contribution in [2.75, 3.05) is 6.54 Å². The molecule has 0 amide bonds. The van der Waals surface area contributed by atoms with E-state index in [2.05, 4.69) is 17.0 Å². The third kappa shape index (κ3) is 2.92. The van der Waals surface area contributed by atoms with Gasteiger partial charge < -0.3 is 10.9 Å². The summed E-state index contributed by atoms with van der Waals surface area (Å²) in [5, 5.41) is 11.8. The van der Waals surface area contributed by atoms with Gasteiger partial charge >= 0.3 is 0 Å². The lowest BCUT2D eigenvalue weighted by atomic mass is 9.77. The van der Waals surface area contributed by atoms with Crippen LogP contribution in [0.3, 0.4) is 0 Å². The Morgan fingerprint density at radius 3 is 2.82 bits per heavy atom. The molecular weight excluding hydrogens is 214 g/mol. The molecule has 2 rings (SSSR count). The third-order valence-corrected chi connectivity index (χ3v) is 4.49. The summed E-state index contributed by atoms with van der Waals surface area (Å²) in [6.45, 7) is 3.38. The Bertz CT molecular complexity index is 278. The Hall–Kier alpha value is -0.770. The Morgan fingerprint density at radius 1 is 1.35 bits per heavy atom. The Balaban J connectivity index is 1.98. The number of rotatable bonds is 3. The van der Waals surface area contributed by atoms with Gasteiger partial charge in [0.2, 0.25) is 0 Å². The van der Waals surface area contributed by atoms with E-state index in [1.54, 1.807) is 0 Å². The van der Waals surface area contributed by atoms with Gasteiger partial charge in [-0.15, -0.1) is 0 Å². The van der Waals surface area contributed by atoms with Gasteiger partial charge in [-0.25, -0.2) is 0 Å². The number of piperidine rings is 1. The van der Waals surface area contributed by atoms with Gasteiger partial charge in [-0.1, -0.05) is 18.0 Å². The van der Waals surface area contributed by atoms with E-state index in [9.17, 15) is 0 Å². The van der Waals surface area contributed by atoms with Crippen LogP contribution < -0.4 is 5.73 Å². The smallest absolute Gasteiger partial charge is 0.140 e. The van der Waals surface area contributed by atoms with Crippen LogP contribution in [0.25, 0.3) is 0 Å². The minimum Gasteiger partial charge on any atom is -0.409 e. The Kier molecular flexibility index (Phi) is 4.26. The van der Waals surface area contributed by atoms with Crippen molar-refractivity contribution < 1.29 is 5.21 Å². The fourth-order valence-electron chi connectivity index (χ4n) is 3.67. The van der Waals surface area contributed by atoms with Gasteiger partial charge in [0, 0.05) is 18.5 Å². The van der Waals surface area contributed by atoms with Crippen molar-refractivity contribution >= 4 is 5.84 Å². The second-order valence-corrected chi connectivity index (χ2v) is 5.64. The minimum absolute atomic E-state index is 0.357. The first kappa shape index (κ1) is 12.7. The van der Waals surface area contributed by atoms with Crippen LogP contribution in [0.5, 0.6) is 0 Å². The lowest BCUT2D eigenvalue weighted by Gasteiger charge is -2.46. The van der Waals surface area contributed by atoms with Crippen LogP contribution in [0.4, 0.5) is 0 Å². The summed E-state index contributed by atoms with van der Waals surface area (Å²) in [5.74, 6) is 1.25. The molecule has 3 N–H and O–H groups in total. The average Bonchev–Trinajstić information content (AvgIpc) is 2.37. The van der Waals surface area contributed by atoms with Crippen molar-refractivity contribution in [1.29, 1.82) is 0 Å². The summed E-state index contributed by atoms with van der Waals surface area (Å²) in [5.41, 5.74) is 5.62. The highest BCUT2D eigenvalue weighted by atomic mass is 16.4. The van der Waals surface area contributed by atoms with E-state index in [4.69, 9.17) is 10.9 Å². The quantitative estimate of drug-likeness (QED) is 0.343. The summed E-state index contributed by atoms with van der Waals surface area (Å²) in [7, 11) is 0. The summed E-state index contributed by atoms with van der Waals surface area (Å²) >= 11 is 0. The molecule has 1 unspecified atom stereocenters. The maximum atomic E-state index is 8.66. The highest BCUT2D eigenvalue weighted by Gasteiger charge is 2.35. The van der Waals surface area contributed by atoms with E-state index in [1.807, 2.05) is 0 Å². The maximum absolute atomic E-state index is 8.66. The van der Waals surface area contributed by atoms with Gasteiger partial charge in [-0.2, -0.15) is 0 Å². The van der Waals surface area contributed by atoms with Gasteiger partial charge in [0.1, 0.15) is 5.84 Å². The number of hydrogen-bond donors (Lipinski definition) is 2. The van der Waals surface area contributed by atoms with Crippen molar-refractivity contribution in [3.8, 4) is 0 Å². The number of nitrogens with two attached hydrogens (primary N) is 1. The van der Waals surface area contributed by atoms with E-state index < -0.39 is 0 Å². The number of amidine groups is 1. The minimum atomic E-state index is 0.357. The van der Waals surface area contributed by atoms with Crippen molar-refractivity contribution in [3.63, 3.8) is 0 Å². The second kappa shape index (κ2) is 5.71. The molecule has 0 aromatic carbocycles. The highest BCUT2D eigenvalue weighted by molar-refractivity contribution is 5.80. The SMILES string of the molecule is CC(CC(N)=NO)N1CCC[C@H]2CCCC[C@H]21. The van der Waals surface area contributed by atoms with Gasteiger partial charge in [0.15, 0.2) is 0 Å². The van der Waals surface area contributed by atoms with E-state index in [1.165, 1.54) is 45.1 Å². The highest BCUT2D eigenvalue weighted by Crippen LogP contribution is 2.36. The fourth-order valence-corrected chi connectivity index (χ4v) is 3.67. The molecule has 1 saturated heterocycles. The molecular formula is C13H25N3O. The Labute approximate surface area is 104 Å². The van der Waals surface area contributed by atoms with Crippen LogP contribution in [-0.2, 0) is 0 Å². The van der Waals surface area contributed by atoms with Crippen molar-refractivity contribution in [3.05, 3.63) is 0 Å². The number of nitrogens with zero attached hydrogens (tertiary/aromatic N) is 2. The number of hydrogen-bond acceptors (Lipinski definition) is 3. The molecule has 1 heterocycles. The van der Waals surface area contributed by atoms with Gasteiger partial charge in [-0.05, 0) is 45.1 Å². The summed E-state index contributed by atoms with van der Waals surface area (Å²) in [6, 6.07) is 1.15. The molecule has 0 aromatic heterocycles.